The second kappa shape index (κ2) is 5.54. The summed E-state index contributed by atoms with van der Waals surface area (Å²) in [5.74, 6) is 0. The average Bonchev–Trinajstić information content (AvgIpc) is 2.73. The Balaban J connectivity index is 2.16. The van der Waals surface area contributed by atoms with E-state index in [4.69, 9.17) is 23.2 Å². The Kier molecular flexibility index (Phi) is 4.05. The van der Waals surface area contributed by atoms with Crippen molar-refractivity contribution in [1.82, 2.24) is 15.1 Å². The van der Waals surface area contributed by atoms with Crippen LogP contribution in [0.5, 0.6) is 0 Å². The van der Waals surface area contributed by atoms with Crippen molar-refractivity contribution in [3.8, 4) is 0 Å². The zero-order chi connectivity index (χ0) is 12.3. The van der Waals surface area contributed by atoms with E-state index < -0.39 is 0 Å². The van der Waals surface area contributed by atoms with Gasteiger partial charge in [0.2, 0.25) is 0 Å². The van der Waals surface area contributed by atoms with Crippen LogP contribution >= 0.6 is 23.2 Å². The molecule has 0 fully saturated rings. The third-order valence-electron chi connectivity index (χ3n) is 2.42. The molecule has 0 aliphatic carbocycles. The van der Waals surface area contributed by atoms with E-state index in [1.165, 1.54) is 0 Å². The molecule has 0 atom stereocenters. The Morgan fingerprint density at radius 1 is 1.29 bits per heavy atom. The van der Waals surface area contributed by atoms with Crippen LogP contribution in [0, 0.1) is 0 Å². The van der Waals surface area contributed by atoms with Gasteiger partial charge in [-0.1, -0.05) is 35.3 Å². The van der Waals surface area contributed by atoms with Crippen LogP contribution in [0.25, 0.3) is 0 Å². The molecule has 0 spiro atoms. The van der Waals surface area contributed by atoms with Crippen LogP contribution < -0.4 is 5.32 Å². The standard InChI is InChI=1S/C12H13Cl2N3/c1-15-7-10-5-6-17(16-10)8-9-3-2-4-11(13)12(9)14/h2-6,15H,7-8H2,1H3. The predicted octanol–water partition coefficient (Wildman–Crippen LogP) is 2.96. The molecule has 0 radical (unpaired) electrons. The third kappa shape index (κ3) is 3.00. The van der Waals surface area contributed by atoms with Crippen molar-refractivity contribution in [2.45, 2.75) is 13.1 Å². The summed E-state index contributed by atoms with van der Waals surface area (Å²) in [6.45, 7) is 1.39. The first-order valence-corrected chi connectivity index (χ1v) is 6.06. The molecule has 0 amide bonds. The highest BCUT2D eigenvalue weighted by molar-refractivity contribution is 6.42. The summed E-state index contributed by atoms with van der Waals surface area (Å²) in [5, 5.41) is 8.65. The molecule has 2 aromatic rings. The quantitative estimate of drug-likeness (QED) is 0.925. The van der Waals surface area contributed by atoms with Gasteiger partial charge in [-0.2, -0.15) is 5.10 Å². The number of rotatable bonds is 4. The Labute approximate surface area is 110 Å². The van der Waals surface area contributed by atoms with Gasteiger partial charge in [0.25, 0.3) is 0 Å². The van der Waals surface area contributed by atoms with Crippen molar-refractivity contribution in [3.05, 3.63) is 51.8 Å². The maximum Gasteiger partial charge on any atom is 0.0762 e. The topological polar surface area (TPSA) is 29.9 Å². The zero-order valence-corrected chi connectivity index (χ0v) is 11.0. The summed E-state index contributed by atoms with van der Waals surface area (Å²) < 4.78 is 1.85. The lowest BCUT2D eigenvalue weighted by Gasteiger charge is -2.05. The second-order valence-corrected chi connectivity index (χ2v) is 4.53. The highest BCUT2D eigenvalue weighted by Gasteiger charge is 2.05. The number of hydrogen-bond acceptors (Lipinski definition) is 2. The molecule has 90 valence electrons. The lowest BCUT2D eigenvalue weighted by Crippen LogP contribution is -2.07. The number of halogens is 2. The highest BCUT2D eigenvalue weighted by atomic mass is 35.5. The van der Waals surface area contributed by atoms with Crippen molar-refractivity contribution >= 4 is 23.2 Å². The fraction of sp³-hybridized carbons (Fsp3) is 0.250. The van der Waals surface area contributed by atoms with Crippen molar-refractivity contribution in [3.63, 3.8) is 0 Å². The molecule has 1 aromatic carbocycles. The summed E-state index contributed by atoms with van der Waals surface area (Å²) in [4.78, 5) is 0. The lowest BCUT2D eigenvalue weighted by atomic mass is 10.2. The lowest BCUT2D eigenvalue weighted by molar-refractivity contribution is 0.659. The van der Waals surface area contributed by atoms with Crippen molar-refractivity contribution in [1.29, 1.82) is 0 Å². The molecule has 0 aliphatic rings. The van der Waals surface area contributed by atoms with Gasteiger partial charge in [-0.05, 0) is 24.7 Å². The molecule has 0 saturated heterocycles. The molecule has 1 heterocycles. The van der Waals surface area contributed by atoms with E-state index in [1.807, 2.05) is 36.1 Å². The van der Waals surface area contributed by atoms with Gasteiger partial charge in [-0.25, -0.2) is 0 Å². The van der Waals surface area contributed by atoms with Crippen LogP contribution in [0.15, 0.2) is 30.5 Å². The third-order valence-corrected chi connectivity index (χ3v) is 3.28. The van der Waals surface area contributed by atoms with Crippen LogP contribution in [0.2, 0.25) is 10.0 Å². The van der Waals surface area contributed by atoms with Crippen molar-refractivity contribution in [2.75, 3.05) is 7.05 Å². The van der Waals surface area contributed by atoms with Crippen LogP contribution in [0.1, 0.15) is 11.3 Å². The summed E-state index contributed by atoms with van der Waals surface area (Å²) in [7, 11) is 1.90. The normalized spacial score (nSPS) is 10.8. The summed E-state index contributed by atoms with van der Waals surface area (Å²) in [5.41, 5.74) is 1.98. The van der Waals surface area contributed by atoms with Gasteiger partial charge in [0, 0.05) is 12.7 Å². The minimum Gasteiger partial charge on any atom is -0.314 e. The fourth-order valence-corrected chi connectivity index (χ4v) is 1.99. The number of hydrogen-bond donors (Lipinski definition) is 1. The molecule has 0 bridgehead atoms. The number of aromatic nitrogens is 2. The van der Waals surface area contributed by atoms with Crippen molar-refractivity contribution in [2.24, 2.45) is 0 Å². The molecule has 2 rings (SSSR count). The van der Waals surface area contributed by atoms with Gasteiger partial charge >= 0.3 is 0 Å². The molecule has 5 heteroatoms. The van der Waals surface area contributed by atoms with E-state index in [0.29, 0.717) is 16.6 Å². The Bertz CT molecular complexity index is 508. The largest absolute Gasteiger partial charge is 0.314 e. The Morgan fingerprint density at radius 3 is 2.88 bits per heavy atom. The molecule has 0 saturated carbocycles. The van der Waals surface area contributed by atoms with E-state index in [1.54, 1.807) is 6.07 Å². The van der Waals surface area contributed by atoms with E-state index in [-0.39, 0.29) is 0 Å². The molecule has 1 aromatic heterocycles. The SMILES string of the molecule is CNCc1ccn(Cc2cccc(Cl)c2Cl)n1. The Hall–Kier alpha value is -1.03. The molecular formula is C12H13Cl2N3. The predicted molar refractivity (Wildman–Crippen MR) is 70.6 cm³/mol. The maximum absolute atomic E-state index is 6.13. The molecule has 1 N–H and O–H groups in total. The zero-order valence-electron chi connectivity index (χ0n) is 9.45. The van der Waals surface area contributed by atoms with E-state index in [9.17, 15) is 0 Å². The smallest absolute Gasteiger partial charge is 0.0762 e. The van der Waals surface area contributed by atoms with Crippen LogP contribution in [-0.2, 0) is 13.1 Å². The number of nitrogens with zero attached hydrogens (tertiary/aromatic N) is 2. The maximum atomic E-state index is 6.13. The van der Waals surface area contributed by atoms with Gasteiger partial charge in [0.1, 0.15) is 0 Å². The average molecular weight is 270 g/mol. The minimum atomic E-state index is 0.576. The first-order chi connectivity index (χ1) is 8.20. The van der Waals surface area contributed by atoms with Crippen LogP contribution in [-0.4, -0.2) is 16.8 Å². The van der Waals surface area contributed by atoms with E-state index >= 15 is 0 Å². The van der Waals surface area contributed by atoms with Gasteiger partial charge in [-0.3, -0.25) is 4.68 Å². The summed E-state index contributed by atoms with van der Waals surface area (Å²) >= 11 is 12.1. The molecular weight excluding hydrogens is 257 g/mol. The van der Waals surface area contributed by atoms with E-state index in [0.717, 1.165) is 17.8 Å². The van der Waals surface area contributed by atoms with Crippen LogP contribution in [0.4, 0.5) is 0 Å². The van der Waals surface area contributed by atoms with Gasteiger partial charge in [0.15, 0.2) is 0 Å². The minimum absolute atomic E-state index is 0.576. The molecule has 0 aliphatic heterocycles. The number of benzene rings is 1. The molecule has 3 nitrogen and oxygen atoms in total. The Morgan fingerprint density at radius 2 is 2.12 bits per heavy atom. The molecule has 17 heavy (non-hydrogen) atoms. The monoisotopic (exact) mass is 269 g/mol. The summed E-state index contributed by atoms with van der Waals surface area (Å²) in [6, 6.07) is 7.60. The second-order valence-electron chi connectivity index (χ2n) is 3.75. The molecule has 0 unspecified atom stereocenters. The van der Waals surface area contributed by atoms with Crippen molar-refractivity contribution < 1.29 is 0 Å². The van der Waals surface area contributed by atoms with Crippen LogP contribution in [0.3, 0.4) is 0 Å². The fourth-order valence-electron chi connectivity index (χ4n) is 1.61. The van der Waals surface area contributed by atoms with E-state index in [2.05, 4.69) is 10.4 Å². The summed E-state index contributed by atoms with van der Waals surface area (Å²) in [6.07, 6.45) is 1.93. The first kappa shape index (κ1) is 12.4. The number of nitrogens with one attached hydrogen (secondary N) is 1. The van der Waals surface area contributed by atoms with Gasteiger partial charge in [0.05, 0.1) is 22.3 Å². The van der Waals surface area contributed by atoms with Gasteiger partial charge < -0.3 is 5.32 Å². The van der Waals surface area contributed by atoms with Gasteiger partial charge in [-0.15, -0.1) is 0 Å². The highest BCUT2D eigenvalue weighted by Crippen LogP contribution is 2.25. The first-order valence-electron chi connectivity index (χ1n) is 5.30.